The molecule has 0 heterocycles. The highest BCUT2D eigenvalue weighted by molar-refractivity contribution is 7.46. The van der Waals surface area contributed by atoms with Crippen LogP contribution >= 0.6 is 7.82 Å². The molecule has 8 nitrogen and oxygen atoms in total. The van der Waals surface area contributed by atoms with Gasteiger partial charge in [0.05, 0.1) is 6.61 Å². The van der Waals surface area contributed by atoms with Crippen LogP contribution in [0, 0.1) is 0 Å². The van der Waals surface area contributed by atoms with Crippen molar-refractivity contribution in [1.29, 1.82) is 0 Å². The molecule has 0 aliphatic rings. The third kappa shape index (κ3) is 45.0. The second kappa shape index (κ2) is 42.9. The van der Waals surface area contributed by atoms with Gasteiger partial charge in [0.1, 0.15) is 6.61 Å². The number of unbranched alkanes of at least 4 members (excludes halogenated alkanes) is 27. The van der Waals surface area contributed by atoms with E-state index in [1.54, 1.807) is 0 Å². The molecule has 56 heavy (non-hydrogen) atoms. The molecule has 0 saturated heterocycles. The lowest BCUT2D eigenvalue weighted by Gasteiger charge is -2.18. The second-order valence-electron chi connectivity index (χ2n) is 15.7. The largest absolute Gasteiger partial charge is 0.469 e. The monoisotopic (exact) mass is 811 g/mol. The third-order valence-electron chi connectivity index (χ3n) is 10.1. The van der Waals surface area contributed by atoms with E-state index >= 15 is 0 Å². The number of ether oxygens (including phenoxy) is 2. The first-order chi connectivity index (χ1) is 27.3. The van der Waals surface area contributed by atoms with Crippen LogP contribution in [0.5, 0.6) is 0 Å². The molecule has 0 aromatic heterocycles. The number of carbonyl (C=O) groups excluding carboxylic acids is 2. The number of hydrogen-bond donors (Lipinski definition) is 2. The van der Waals surface area contributed by atoms with Gasteiger partial charge in [-0.25, -0.2) is 4.57 Å². The minimum atomic E-state index is -4.76. The summed E-state index contributed by atoms with van der Waals surface area (Å²) in [5.74, 6) is -0.890. The summed E-state index contributed by atoms with van der Waals surface area (Å²) in [6.07, 6.45) is 51.5. The Kier molecular flexibility index (Phi) is 41.5. The molecule has 0 radical (unpaired) electrons. The fraction of sp³-hybridized carbons (Fsp3) is 0.830. The van der Waals surface area contributed by atoms with Crippen LogP contribution in [0.15, 0.2) is 36.5 Å². The summed E-state index contributed by atoms with van der Waals surface area (Å²) in [5.41, 5.74) is 0. The van der Waals surface area contributed by atoms with Crippen LogP contribution in [0.4, 0.5) is 0 Å². The van der Waals surface area contributed by atoms with Crippen molar-refractivity contribution in [1.82, 2.24) is 0 Å². The van der Waals surface area contributed by atoms with Crippen LogP contribution in [0.2, 0.25) is 0 Å². The molecule has 0 aromatic rings. The lowest BCUT2D eigenvalue weighted by molar-refractivity contribution is -0.161. The number of phosphoric ester groups is 1. The Morgan fingerprint density at radius 1 is 0.464 bits per heavy atom. The van der Waals surface area contributed by atoms with E-state index in [9.17, 15) is 14.2 Å². The highest BCUT2D eigenvalue weighted by atomic mass is 31.2. The van der Waals surface area contributed by atoms with Crippen LogP contribution in [-0.4, -0.2) is 41.0 Å². The number of carbonyl (C=O) groups is 2. The summed E-state index contributed by atoms with van der Waals surface area (Å²) < 4.78 is 26.4. The smallest absolute Gasteiger partial charge is 0.462 e. The molecule has 0 aliphatic carbocycles. The van der Waals surface area contributed by atoms with Gasteiger partial charge in [-0.2, -0.15) is 0 Å². The maximum atomic E-state index is 12.4. The van der Waals surface area contributed by atoms with Crippen molar-refractivity contribution in [3.8, 4) is 0 Å². The minimum absolute atomic E-state index is 0.209. The van der Waals surface area contributed by atoms with E-state index < -0.39 is 32.5 Å². The first-order valence-corrected chi connectivity index (χ1v) is 24.8. The zero-order chi connectivity index (χ0) is 41.1. The van der Waals surface area contributed by atoms with Crippen LogP contribution in [0.25, 0.3) is 0 Å². The SMILES string of the molecule is CCCCCCC/C=C\C/C=C\CCCCCCCCCCCCCC(=O)OC(COC(=O)CCCCCCC/C=C\CCCCCCCC)COP(=O)(O)O. The zero-order valence-corrected chi connectivity index (χ0v) is 37.2. The van der Waals surface area contributed by atoms with E-state index in [0.717, 1.165) is 57.8 Å². The van der Waals surface area contributed by atoms with Crippen molar-refractivity contribution in [3.05, 3.63) is 36.5 Å². The van der Waals surface area contributed by atoms with Crippen LogP contribution in [0.1, 0.15) is 232 Å². The molecule has 1 atom stereocenters. The van der Waals surface area contributed by atoms with Crippen LogP contribution in [0.3, 0.4) is 0 Å². The minimum Gasteiger partial charge on any atom is -0.462 e. The summed E-state index contributed by atoms with van der Waals surface area (Å²) in [6, 6.07) is 0. The molecule has 0 rings (SSSR count). The molecule has 0 spiro atoms. The maximum absolute atomic E-state index is 12.4. The fourth-order valence-electron chi connectivity index (χ4n) is 6.63. The Labute approximate surface area is 344 Å². The molecule has 2 N–H and O–H groups in total. The Morgan fingerprint density at radius 3 is 1.20 bits per heavy atom. The van der Waals surface area contributed by atoms with Crippen LogP contribution in [-0.2, 0) is 28.2 Å². The topological polar surface area (TPSA) is 119 Å². The first kappa shape index (κ1) is 54.3. The molecule has 0 fully saturated rings. The van der Waals surface area contributed by atoms with Crippen molar-refractivity contribution in [2.24, 2.45) is 0 Å². The molecular weight excluding hydrogens is 723 g/mol. The summed E-state index contributed by atoms with van der Waals surface area (Å²) in [6.45, 7) is 3.68. The Balaban J connectivity index is 3.85. The number of allylic oxidation sites excluding steroid dienone is 6. The number of rotatable bonds is 43. The number of phosphoric acid groups is 1. The third-order valence-corrected chi connectivity index (χ3v) is 10.6. The summed E-state index contributed by atoms with van der Waals surface area (Å²) >= 11 is 0. The average molecular weight is 811 g/mol. The van der Waals surface area contributed by atoms with Crippen molar-refractivity contribution >= 4 is 19.8 Å². The van der Waals surface area contributed by atoms with E-state index in [1.165, 1.54) is 135 Å². The van der Waals surface area contributed by atoms with Crippen molar-refractivity contribution < 1.29 is 37.9 Å². The summed E-state index contributed by atoms with van der Waals surface area (Å²) in [5, 5.41) is 0. The van der Waals surface area contributed by atoms with Crippen LogP contribution < -0.4 is 0 Å². The van der Waals surface area contributed by atoms with Crippen molar-refractivity contribution in [2.45, 2.75) is 238 Å². The van der Waals surface area contributed by atoms with E-state index in [4.69, 9.17) is 19.3 Å². The predicted molar refractivity (Wildman–Crippen MR) is 235 cm³/mol. The molecule has 1 unspecified atom stereocenters. The number of hydrogen-bond acceptors (Lipinski definition) is 6. The molecule has 0 aromatic carbocycles. The lowest BCUT2D eigenvalue weighted by Crippen LogP contribution is -2.29. The summed E-state index contributed by atoms with van der Waals surface area (Å²) in [4.78, 5) is 43.0. The normalized spacial score (nSPS) is 12.7. The molecule has 0 amide bonds. The fourth-order valence-corrected chi connectivity index (χ4v) is 6.99. The lowest BCUT2D eigenvalue weighted by atomic mass is 10.0. The Hall–Kier alpha value is -1.73. The van der Waals surface area contributed by atoms with Gasteiger partial charge in [0.2, 0.25) is 0 Å². The molecular formula is C47H87O8P. The van der Waals surface area contributed by atoms with Gasteiger partial charge in [-0.1, -0.05) is 185 Å². The Bertz CT molecular complexity index is 1000. The first-order valence-electron chi connectivity index (χ1n) is 23.3. The standard InChI is InChI=1S/C47H87O8P/c1-3-5-7-9-11-13-15-17-19-20-21-22-23-24-25-26-28-30-32-34-36-38-40-42-47(49)55-45(44-54-56(50,51)52)43-53-46(48)41-39-37-35-33-31-29-27-18-16-14-12-10-8-6-4-2/h15,17-18,20-21,27,45H,3-14,16,19,22-26,28-44H2,1-2H3,(H2,50,51,52)/b17-15-,21-20-,27-18-. The van der Waals surface area contributed by atoms with Gasteiger partial charge in [0.25, 0.3) is 0 Å². The quantitative estimate of drug-likeness (QED) is 0.0270. The highest BCUT2D eigenvalue weighted by Crippen LogP contribution is 2.36. The molecule has 328 valence electrons. The van der Waals surface area contributed by atoms with E-state index in [0.29, 0.717) is 12.8 Å². The van der Waals surface area contributed by atoms with E-state index in [2.05, 4.69) is 54.8 Å². The van der Waals surface area contributed by atoms with Gasteiger partial charge < -0.3 is 19.3 Å². The zero-order valence-electron chi connectivity index (χ0n) is 36.3. The Morgan fingerprint density at radius 2 is 0.804 bits per heavy atom. The maximum Gasteiger partial charge on any atom is 0.469 e. The molecule has 9 heteroatoms. The van der Waals surface area contributed by atoms with Gasteiger partial charge >= 0.3 is 19.8 Å². The van der Waals surface area contributed by atoms with Gasteiger partial charge in [-0.05, 0) is 70.6 Å². The van der Waals surface area contributed by atoms with Crippen molar-refractivity contribution in [2.75, 3.05) is 13.2 Å². The molecule has 0 saturated carbocycles. The molecule has 0 aliphatic heterocycles. The number of esters is 2. The van der Waals surface area contributed by atoms with E-state index in [1.807, 2.05) is 0 Å². The molecule has 0 bridgehead atoms. The van der Waals surface area contributed by atoms with Gasteiger partial charge in [-0.3, -0.25) is 14.1 Å². The van der Waals surface area contributed by atoms with Gasteiger partial charge in [0.15, 0.2) is 6.10 Å². The van der Waals surface area contributed by atoms with Gasteiger partial charge in [-0.15, -0.1) is 0 Å². The summed E-state index contributed by atoms with van der Waals surface area (Å²) in [7, 11) is -4.76. The highest BCUT2D eigenvalue weighted by Gasteiger charge is 2.23. The second-order valence-corrected chi connectivity index (χ2v) is 17.0. The van der Waals surface area contributed by atoms with Crippen molar-refractivity contribution in [3.63, 3.8) is 0 Å². The van der Waals surface area contributed by atoms with Gasteiger partial charge in [0, 0.05) is 12.8 Å². The predicted octanol–water partition coefficient (Wildman–Crippen LogP) is 14.5. The average Bonchev–Trinajstić information content (AvgIpc) is 3.17. The van der Waals surface area contributed by atoms with E-state index in [-0.39, 0.29) is 19.4 Å².